The van der Waals surface area contributed by atoms with Crippen LogP contribution in [0.5, 0.6) is 0 Å². The topological polar surface area (TPSA) is 35.5 Å². The highest BCUT2D eigenvalue weighted by Gasteiger charge is 2.36. The quantitative estimate of drug-likeness (QED) is 0.645. The van der Waals surface area contributed by atoms with Crippen molar-refractivity contribution in [1.29, 1.82) is 0 Å². The average Bonchev–Trinajstić information content (AvgIpc) is 2.02. The van der Waals surface area contributed by atoms with Crippen LogP contribution in [0.4, 0.5) is 13.2 Å². The van der Waals surface area contributed by atoms with E-state index >= 15 is 0 Å². The average molecular weight is 200 g/mol. The number of esters is 1. The number of alkyl halides is 3. The third kappa shape index (κ3) is 5.46. The molecule has 0 fully saturated rings. The lowest BCUT2D eigenvalue weighted by atomic mass is 10.4. The summed E-state index contributed by atoms with van der Waals surface area (Å²) in [5.41, 5.74) is 0. The lowest BCUT2D eigenvalue weighted by Crippen LogP contribution is -2.29. The lowest BCUT2D eigenvalue weighted by molar-refractivity contribution is -0.214. The minimum Gasteiger partial charge on any atom is -0.469 e. The van der Waals surface area contributed by atoms with Crippen molar-refractivity contribution >= 4 is 5.97 Å². The van der Waals surface area contributed by atoms with E-state index in [0.717, 1.165) is 14.0 Å². The molecule has 0 rings (SSSR count). The number of hydrogen-bond donors (Lipinski definition) is 0. The monoisotopic (exact) mass is 200 g/mol. The molecule has 3 nitrogen and oxygen atoms in total. The fourth-order valence-corrected chi connectivity index (χ4v) is 0.516. The van der Waals surface area contributed by atoms with Crippen LogP contribution in [0.1, 0.15) is 13.3 Å². The molecular weight excluding hydrogens is 189 g/mol. The third-order valence-electron chi connectivity index (χ3n) is 1.36. The molecule has 0 aromatic heterocycles. The Bertz CT molecular complexity index is 167. The largest absolute Gasteiger partial charge is 0.469 e. The summed E-state index contributed by atoms with van der Waals surface area (Å²) in [7, 11) is 1.16. The van der Waals surface area contributed by atoms with Gasteiger partial charge in [-0.15, -0.1) is 0 Å². The van der Waals surface area contributed by atoms with E-state index in [-0.39, 0.29) is 13.0 Å². The molecule has 0 bridgehead atoms. The summed E-state index contributed by atoms with van der Waals surface area (Å²) in [6.07, 6.45) is -6.40. The first-order chi connectivity index (χ1) is 5.88. The number of carbonyl (C=O) groups excluding carboxylic acids is 1. The fraction of sp³-hybridized carbons (Fsp3) is 0.857. The molecule has 0 spiro atoms. The molecular formula is C7H11F3O3. The van der Waals surface area contributed by atoms with Crippen molar-refractivity contribution in [2.24, 2.45) is 0 Å². The van der Waals surface area contributed by atoms with E-state index in [1.807, 2.05) is 0 Å². The van der Waals surface area contributed by atoms with E-state index in [2.05, 4.69) is 9.47 Å². The number of rotatable bonds is 4. The SMILES string of the molecule is COC(=O)CCO[C@@H](C)C(F)(F)F. The standard InChI is InChI=1S/C7H11F3O3/c1-5(7(8,9)10)13-4-3-6(11)12-2/h5H,3-4H2,1-2H3/t5-/m0/s1. The van der Waals surface area contributed by atoms with Gasteiger partial charge in [-0.25, -0.2) is 0 Å². The Morgan fingerprint density at radius 2 is 2.00 bits per heavy atom. The molecule has 0 unspecified atom stereocenters. The van der Waals surface area contributed by atoms with Gasteiger partial charge in [0.05, 0.1) is 20.1 Å². The van der Waals surface area contributed by atoms with Crippen LogP contribution in [-0.4, -0.2) is 32.0 Å². The van der Waals surface area contributed by atoms with Crippen LogP contribution in [0.3, 0.4) is 0 Å². The highest BCUT2D eigenvalue weighted by Crippen LogP contribution is 2.22. The van der Waals surface area contributed by atoms with Crippen LogP contribution in [0.25, 0.3) is 0 Å². The highest BCUT2D eigenvalue weighted by molar-refractivity contribution is 5.69. The molecule has 0 aliphatic rings. The molecule has 0 saturated carbocycles. The maximum Gasteiger partial charge on any atom is 0.414 e. The summed E-state index contributed by atoms with van der Waals surface area (Å²) in [6.45, 7) is 0.602. The van der Waals surface area contributed by atoms with E-state index in [4.69, 9.17) is 0 Å². The van der Waals surface area contributed by atoms with Gasteiger partial charge in [-0.2, -0.15) is 13.2 Å². The van der Waals surface area contributed by atoms with Crippen LogP contribution in [-0.2, 0) is 14.3 Å². The number of hydrogen-bond acceptors (Lipinski definition) is 3. The summed E-state index contributed by atoms with van der Waals surface area (Å²) in [4.78, 5) is 10.5. The second-order valence-electron chi connectivity index (χ2n) is 2.38. The molecule has 0 N–H and O–H groups in total. The minimum absolute atomic E-state index is 0.170. The molecule has 1 atom stereocenters. The van der Waals surface area contributed by atoms with Crippen molar-refractivity contribution < 1.29 is 27.4 Å². The predicted molar refractivity (Wildman–Crippen MR) is 38.1 cm³/mol. The molecule has 78 valence electrons. The molecule has 0 amide bonds. The molecule has 6 heteroatoms. The molecule has 0 heterocycles. The van der Waals surface area contributed by atoms with Gasteiger partial charge in [0.15, 0.2) is 6.10 Å². The second-order valence-corrected chi connectivity index (χ2v) is 2.38. The summed E-state index contributed by atoms with van der Waals surface area (Å²) < 4.78 is 44.0. The zero-order chi connectivity index (χ0) is 10.5. The lowest BCUT2D eigenvalue weighted by Gasteiger charge is -2.15. The fourth-order valence-electron chi connectivity index (χ4n) is 0.516. The first kappa shape index (κ1) is 12.2. The van der Waals surface area contributed by atoms with Gasteiger partial charge in [0.2, 0.25) is 0 Å². The van der Waals surface area contributed by atoms with Crippen molar-refractivity contribution in [1.82, 2.24) is 0 Å². The number of carbonyl (C=O) groups is 1. The Labute approximate surface area is 73.8 Å². The zero-order valence-electron chi connectivity index (χ0n) is 7.35. The molecule has 13 heavy (non-hydrogen) atoms. The summed E-state index contributed by atoms with van der Waals surface area (Å²) >= 11 is 0. The van der Waals surface area contributed by atoms with Crippen LogP contribution >= 0.6 is 0 Å². The molecule has 0 radical (unpaired) electrons. The number of halogens is 3. The van der Waals surface area contributed by atoms with Gasteiger partial charge in [0.25, 0.3) is 0 Å². The maximum atomic E-state index is 11.8. The van der Waals surface area contributed by atoms with Crippen molar-refractivity contribution in [3.8, 4) is 0 Å². The van der Waals surface area contributed by atoms with Crippen molar-refractivity contribution in [2.45, 2.75) is 25.6 Å². The van der Waals surface area contributed by atoms with E-state index in [1.54, 1.807) is 0 Å². The van der Waals surface area contributed by atoms with Crippen LogP contribution in [0.2, 0.25) is 0 Å². The Hall–Kier alpha value is -0.780. The number of methoxy groups -OCH3 is 1. The van der Waals surface area contributed by atoms with Gasteiger partial charge in [0.1, 0.15) is 0 Å². The Morgan fingerprint density at radius 3 is 2.38 bits per heavy atom. The predicted octanol–water partition coefficient (Wildman–Crippen LogP) is 1.52. The van der Waals surface area contributed by atoms with Crippen LogP contribution < -0.4 is 0 Å². The van der Waals surface area contributed by atoms with Gasteiger partial charge in [-0.05, 0) is 6.92 Å². The van der Waals surface area contributed by atoms with Gasteiger partial charge in [0, 0.05) is 0 Å². The third-order valence-corrected chi connectivity index (χ3v) is 1.36. The molecule has 0 aliphatic heterocycles. The zero-order valence-corrected chi connectivity index (χ0v) is 7.35. The van der Waals surface area contributed by atoms with E-state index in [0.29, 0.717) is 0 Å². The van der Waals surface area contributed by atoms with Gasteiger partial charge < -0.3 is 9.47 Å². The summed E-state index contributed by atoms with van der Waals surface area (Å²) in [6, 6.07) is 0. The van der Waals surface area contributed by atoms with E-state index in [9.17, 15) is 18.0 Å². The Balaban J connectivity index is 3.60. The first-order valence-electron chi connectivity index (χ1n) is 3.63. The maximum absolute atomic E-state index is 11.8. The van der Waals surface area contributed by atoms with Gasteiger partial charge >= 0.3 is 12.1 Å². The first-order valence-corrected chi connectivity index (χ1v) is 3.63. The summed E-state index contributed by atoms with van der Waals surface area (Å²) in [5.74, 6) is -0.589. The van der Waals surface area contributed by atoms with Gasteiger partial charge in [-0.1, -0.05) is 0 Å². The molecule has 0 aliphatic carbocycles. The van der Waals surface area contributed by atoms with Crippen LogP contribution in [0, 0.1) is 0 Å². The molecule has 0 saturated heterocycles. The highest BCUT2D eigenvalue weighted by atomic mass is 19.4. The summed E-state index contributed by atoms with van der Waals surface area (Å²) in [5, 5.41) is 0. The molecule has 0 aromatic rings. The minimum atomic E-state index is -4.38. The Kier molecular flexibility index (Phi) is 4.76. The van der Waals surface area contributed by atoms with Crippen molar-refractivity contribution in [3.63, 3.8) is 0 Å². The van der Waals surface area contributed by atoms with Crippen molar-refractivity contribution in [3.05, 3.63) is 0 Å². The second kappa shape index (κ2) is 5.06. The normalized spacial score (nSPS) is 13.9. The Morgan fingerprint density at radius 1 is 1.46 bits per heavy atom. The van der Waals surface area contributed by atoms with E-state index in [1.165, 1.54) is 0 Å². The molecule has 0 aromatic carbocycles. The smallest absolute Gasteiger partial charge is 0.414 e. The van der Waals surface area contributed by atoms with Gasteiger partial charge in [-0.3, -0.25) is 4.79 Å². The van der Waals surface area contributed by atoms with E-state index < -0.39 is 18.2 Å². The van der Waals surface area contributed by atoms with Crippen molar-refractivity contribution in [2.75, 3.05) is 13.7 Å². The number of ether oxygens (including phenoxy) is 2. The van der Waals surface area contributed by atoms with Crippen LogP contribution in [0.15, 0.2) is 0 Å².